The summed E-state index contributed by atoms with van der Waals surface area (Å²) < 4.78 is 17.0. The zero-order valence-corrected chi connectivity index (χ0v) is 13.0. The SMILES string of the molecule is Cc1oc(/N=C/c2cc(Br)c3c(c2)OCO3)c(C#N)c1C. The molecule has 0 aliphatic carbocycles. The monoisotopic (exact) mass is 346 g/mol. The minimum atomic E-state index is 0.212. The van der Waals surface area contributed by atoms with Crippen LogP contribution >= 0.6 is 15.9 Å². The first-order valence-electron chi connectivity index (χ1n) is 6.23. The molecule has 0 unspecified atom stereocenters. The fraction of sp³-hybridized carbons (Fsp3) is 0.200. The molecular formula is C15H11BrN2O3. The highest BCUT2D eigenvalue weighted by atomic mass is 79.9. The Morgan fingerprint density at radius 1 is 1.33 bits per heavy atom. The lowest BCUT2D eigenvalue weighted by Gasteiger charge is -2.00. The standard InChI is InChI=1S/C15H11BrN2O3/c1-8-9(2)21-15(11(8)5-17)18-6-10-3-12(16)14-13(4-10)19-7-20-14/h3-4,6H,7H2,1-2H3/b18-6+. The van der Waals surface area contributed by atoms with Gasteiger partial charge in [0, 0.05) is 11.8 Å². The molecule has 0 fully saturated rings. The summed E-state index contributed by atoms with van der Waals surface area (Å²) in [6.45, 7) is 3.86. The number of halogens is 1. The van der Waals surface area contributed by atoms with Gasteiger partial charge in [0.25, 0.3) is 0 Å². The molecule has 0 bridgehead atoms. The minimum absolute atomic E-state index is 0.212. The Kier molecular flexibility index (Phi) is 3.43. The summed E-state index contributed by atoms with van der Waals surface area (Å²) in [5.74, 6) is 2.37. The van der Waals surface area contributed by atoms with Crippen LogP contribution in [0.1, 0.15) is 22.5 Å². The van der Waals surface area contributed by atoms with Crippen molar-refractivity contribution in [3.63, 3.8) is 0 Å². The Hall–Kier alpha value is -2.26. The molecule has 1 aliphatic rings. The molecule has 0 radical (unpaired) electrons. The van der Waals surface area contributed by atoms with Crippen LogP contribution in [0.5, 0.6) is 11.5 Å². The summed E-state index contributed by atoms with van der Waals surface area (Å²) >= 11 is 3.43. The fourth-order valence-electron chi connectivity index (χ4n) is 2.03. The van der Waals surface area contributed by atoms with Crippen LogP contribution in [0.25, 0.3) is 0 Å². The first-order valence-corrected chi connectivity index (χ1v) is 7.02. The maximum atomic E-state index is 9.15. The van der Waals surface area contributed by atoms with Gasteiger partial charge in [-0.25, -0.2) is 4.99 Å². The Morgan fingerprint density at radius 2 is 2.14 bits per heavy atom. The normalized spacial score (nSPS) is 12.9. The van der Waals surface area contributed by atoms with E-state index in [1.54, 1.807) is 6.21 Å². The summed E-state index contributed by atoms with van der Waals surface area (Å²) in [4.78, 5) is 4.26. The van der Waals surface area contributed by atoms with Gasteiger partial charge in [-0.1, -0.05) is 0 Å². The molecule has 0 saturated heterocycles. The lowest BCUT2D eigenvalue weighted by atomic mass is 10.2. The third-order valence-corrected chi connectivity index (χ3v) is 3.85. The van der Waals surface area contributed by atoms with Crippen LogP contribution in [0.3, 0.4) is 0 Å². The number of fused-ring (bicyclic) bond motifs is 1. The molecule has 0 atom stereocenters. The van der Waals surface area contributed by atoms with Crippen molar-refractivity contribution in [2.45, 2.75) is 13.8 Å². The van der Waals surface area contributed by atoms with Crippen LogP contribution < -0.4 is 9.47 Å². The van der Waals surface area contributed by atoms with Gasteiger partial charge >= 0.3 is 0 Å². The number of aryl methyl sites for hydroxylation is 1. The molecule has 1 aromatic heterocycles. The summed E-state index contributed by atoms with van der Waals surface area (Å²) in [5, 5.41) is 9.15. The molecule has 2 heterocycles. The van der Waals surface area contributed by atoms with Crippen molar-refractivity contribution in [3.8, 4) is 17.6 Å². The first kappa shape index (κ1) is 13.7. The summed E-state index contributed by atoms with van der Waals surface area (Å²) in [6, 6.07) is 5.80. The quantitative estimate of drug-likeness (QED) is 0.770. The number of furan rings is 1. The van der Waals surface area contributed by atoms with Gasteiger partial charge in [0.2, 0.25) is 12.7 Å². The highest BCUT2D eigenvalue weighted by molar-refractivity contribution is 9.10. The van der Waals surface area contributed by atoms with E-state index in [2.05, 4.69) is 27.0 Å². The van der Waals surface area contributed by atoms with Crippen molar-refractivity contribution in [1.82, 2.24) is 0 Å². The van der Waals surface area contributed by atoms with Crippen LogP contribution in [0.4, 0.5) is 5.88 Å². The Labute approximate surface area is 129 Å². The highest BCUT2D eigenvalue weighted by Gasteiger charge is 2.18. The predicted octanol–water partition coefficient (Wildman–Crippen LogP) is 4.01. The summed E-state index contributed by atoms with van der Waals surface area (Å²) in [6.07, 6.45) is 1.63. The molecule has 3 rings (SSSR count). The second-order valence-electron chi connectivity index (χ2n) is 4.57. The van der Waals surface area contributed by atoms with Crippen LogP contribution in [-0.4, -0.2) is 13.0 Å². The molecule has 1 aromatic carbocycles. The molecule has 21 heavy (non-hydrogen) atoms. The van der Waals surface area contributed by atoms with Gasteiger partial charge in [-0.05, 0) is 47.5 Å². The number of hydrogen-bond acceptors (Lipinski definition) is 5. The lowest BCUT2D eigenvalue weighted by Crippen LogP contribution is -1.93. The number of ether oxygens (including phenoxy) is 2. The second-order valence-corrected chi connectivity index (χ2v) is 5.42. The van der Waals surface area contributed by atoms with E-state index < -0.39 is 0 Å². The van der Waals surface area contributed by atoms with Gasteiger partial charge in [0.05, 0.1) is 4.47 Å². The van der Waals surface area contributed by atoms with E-state index in [-0.39, 0.29) is 6.79 Å². The molecule has 0 saturated carbocycles. The number of aliphatic imine (C=N–C) groups is 1. The zero-order chi connectivity index (χ0) is 15.0. The van der Waals surface area contributed by atoms with E-state index in [9.17, 15) is 0 Å². The number of nitrogens with zero attached hydrogens (tertiary/aromatic N) is 2. The maximum absolute atomic E-state index is 9.15. The predicted molar refractivity (Wildman–Crippen MR) is 80.4 cm³/mol. The van der Waals surface area contributed by atoms with Crippen molar-refractivity contribution in [3.05, 3.63) is 39.1 Å². The molecular weight excluding hydrogens is 336 g/mol. The number of hydrogen-bond donors (Lipinski definition) is 0. The number of rotatable bonds is 2. The van der Waals surface area contributed by atoms with Crippen molar-refractivity contribution in [2.75, 3.05) is 6.79 Å². The molecule has 6 heteroatoms. The van der Waals surface area contributed by atoms with Crippen LogP contribution in [-0.2, 0) is 0 Å². The van der Waals surface area contributed by atoms with Gasteiger partial charge in [-0.3, -0.25) is 0 Å². The molecule has 0 N–H and O–H groups in total. The zero-order valence-electron chi connectivity index (χ0n) is 11.4. The lowest BCUT2D eigenvalue weighted by molar-refractivity contribution is 0.173. The molecule has 1 aliphatic heterocycles. The van der Waals surface area contributed by atoms with E-state index in [1.807, 2.05) is 26.0 Å². The smallest absolute Gasteiger partial charge is 0.237 e. The molecule has 0 spiro atoms. The van der Waals surface area contributed by atoms with Crippen molar-refractivity contribution >= 4 is 28.0 Å². The molecule has 106 valence electrons. The van der Waals surface area contributed by atoms with E-state index in [0.29, 0.717) is 28.7 Å². The van der Waals surface area contributed by atoms with Crippen LogP contribution in [0.2, 0.25) is 0 Å². The third kappa shape index (κ3) is 2.41. The highest BCUT2D eigenvalue weighted by Crippen LogP contribution is 2.39. The van der Waals surface area contributed by atoms with E-state index >= 15 is 0 Å². The largest absolute Gasteiger partial charge is 0.454 e. The molecule has 0 amide bonds. The molecule has 5 nitrogen and oxygen atoms in total. The van der Waals surface area contributed by atoms with Gasteiger partial charge in [0.1, 0.15) is 17.4 Å². The third-order valence-electron chi connectivity index (χ3n) is 3.26. The van der Waals surface area contributed by atoms with Crippen molar-refractivity contribution in [1.29, 1.82) is 5.26 Å². The van der Waals surface area contributed by atoms with Crippen molar-refractivity contribution in [2.24, 2.45) is 4.99 Å². The number of nitriles is 1. The van der Waals surface area contributed by atoms with Crippen LogP contribution in [0.15, 0.2) is 26.0 Å². The molecule has 2 aromatic rings. The number of benzene rings is 1. The Balaban J connectivity index is 1.96. The maximum Gasteiger partial charge on any atom is 0.237 e. The Morgan fingerprint density at radius 3 is 2.90 bits per heavy atom. The van der Waals surface area contributed by atoms with E-state index in [4.69, 9.17) is 19.2 Å². The Bertz CT molecular complexity index is 787. The van der Waals surface area contributed by atoms with Gasteiger partial charge < -0.3 is 13.9 Å². The van der Waals surface area contributed by atoms with E-state index in [1.165, 1.54) is 0 Å². The van der Waals surface area contributed by atoms with Crippen molar-refractivity contribution < 1.29 is 13.9 Å². The van der Waals surface area contributed by atoms with Crippen LogP contribution in [0, 0.1) is 25.2 Å². The fourth-order valence-corrected chi connectivity index (χ4v) is 2.60. The second kappa shape index (κ2) is 5.26. The van der Waals surface area contributed by atoms with Gasteiger partial charge in [0.15, 0.2) is 11.5 Å². The van der Waals surface area contributed by atoms with E-state index in [0.717, 1.165) is 15.6 Å². The average Bonchev–Trinajstić information content (AvgIpc) is 3.03. The van der Waals surface area contributed by atoms with Gasteiger partial charge in [-0.2, -0.15) is 5.26 Å². The summed E-state index contributed by atoms with van der Waals surface area (Å²) in [7, 11) is 0. The topological polar surface area (TPSA) is 67.8 Å². The summed E-state index contributed by atoms with van der Waals surface area (Å²) in [5.41, 5.74) is 2.10. The first-order chi connectivity index (χ1) is 10.1. The van der Waals surface area contributed by atoms with Gasteiger partial charge in [-0.15, -0.1) is 0 Å². The average molecular weight is 347 g/mol. The minimum Gasteiger partial charge on any atom is -0.454 e.